The summed E-state index contributed by atoms with van der Waals surface area (Å²) in [6, 6.07) is 0. The number of hydrogen-bond acceptors (Lipinski definition) is 3. The number of hydrogen-bond donors (Lipinski definition) is 1. The van der Waals surface area contributed by atoms with Crippen LogP contribution in [-0.2, 0) is 9.59 Å². The zero-order valence-corrected chi connectivity index (χ0v) is 11.2. The molecule has 5 heteroatoms. The molecule has 102 valence electrons. The molecule has 0 unspecified atom stereocenters. The molecule has 0 atom stereocenters. The molecule has 1 aliphatic heterocycles. The molecule has 1 saturated heterocycles. The number of amides is 2. The zero-order valence-electron chi connectivity index (χ0n) is 11.2. The third kappa shape index (κ3) is 2.66. The maximum absolute atomic E-state index is 12.3. The van der Waals surface area contributed by atoms with Gasteiger partial charge in [0.15, 0.2) is 0 Å². The van der Waals surface area contributed by atoms with Gasteiger partial charge in [-0.1, -0.05) is 6.42 Å². The van der Waals surface area contributed by atoms with E-state index in [-0.39, 0.29) is 23.8 Å². The highest BCUT2D eigenvalue weighted by Crippen LogP contribution is 2.43. The van der Waals surface area contributed by atoms with Crippen molar-refractivity contribution in [2.75, 3.05) is 33.2 Å². The van der Waals surface area contributed by atoms with Crippen LogP contribution in [0.4, 0.5) is 0 Å². The number of nitrogens with two attached hydrogens (primary N) is 1. The monoisotopic (exact) mass is 253 g/mol. The van der Waals surface area contributed by atoms with Gasteiger partial charge in [0.1, 0.15) is 0 Å². The first-order chi connectivity index (χ1) is 8.56. The van der Waals surface area contributed by atoms with Crippen LogP contribution in [0.25, 0.3) is 0 Å². The van der Waals surface area contributed by atoms with Crippen molar-refractivity contribution in [1.29, 1.82) is 0 Å². The van der Waals surface area contributed by atoms with Crippen LogP contribution in [0, 0.1) is 5.41 Å². The van der Waals surface area contributed by atoms with Crippen LogP contribution < -0.4 is 5.73 Å². The van der Waals surface area contributed by atoms with Crippen molar-refractivity contribution < 1.29 is 9.59 Å². The molecule has 2 fully saturated rings. The van der Waals surface area contributed by atoms with Gasteiger partial charge in [0, 0.05) is 26.6 Å². The van der Waals surface area contributed by atoms with Gasteiger partial charge in [-0.3, -0.25) is 9.59 Å². The van der Waals surface area contributed by atoms with E-state index in [0.29, 0.717) is 19.5 Å². The summed E-state index contributed by atoms with van der Waals surface area (Å²) in [6.45, 7) is 2.25. The quantitative estimate of drug-likeness (QED) is 0.781. The third-order valence-electron chi connectivity index (χ3n) is 4.40. The van der Waals surface area contributed by atoms with E-state index in [1.165, 1.54) is 6.42 Å². The Hall–Kier alpha value is -1.10. The van der Waals surface area contributed by atoms with Crippen molar-refractivity contribution in [1.82, 2.24) is 9.80 Å². The predicted molar refractivity (Wildman–Crippen MR) is 68.8 cm³/mol. The Morgan fingerprint density at radius 2 is 2.06 bits per heavy atom. The summed E-state index contributed by atoms with van der Waals surface area (Å²) in [5.41, 5.74) is 5.81. The van der Waals surface area contributed by atoms with Gasteiger partial charge < -0.3 is 15.5 Å². The Labute approximate surface area is 108 Å². The molecule has 0 bridgehead atoms. The summed E-state index contributed by atoms with van der Waals surface area (Å²) in [6.07, 6.45) is 4.66. The van der Waals surface area contributed by atoms with Crippen LogP contribution >= 0.6 is 0 Å². The first kappa shape index (κ1) is 13.3. The SMILES string of the molecule is CN1CCCN(C(=O)CC2(CN)CCC2)CC1=O. The lowest BCUT2D eigenvalue weighted by Gasteiger charge is -2.41. The maximum Gasteiger partial charge on any atom is 0.241 e. The first-order valence-corrected chi connectivity index (χ1v) is 6.78. The summed E-state index contributed by atoms with van der Waals surface area (Å²) in [7, 11) is 1.80. The molecule has 1 aliphatic carbocycles. The van der Waals surface area contributed by atoms with Crippen molar-refractivity contribution in [3.63, 3.8) is 0 Å². The highest BCUT2D eigenvalue weighted by atomic mass is 16.2. The van der Waals surface area contributed by atoms with E-state index in [4.69, 9.17) is 5.73 Å². The molecule has 2 N–H and O–H groups in total. The molecule has 2 amide bonds. The minimum absolute atomic E-state index is 0.0261. The average Bonchev–Trinajstić information content (AvgIpc) is 2.47. The number of carbonyl (C=O) groups is 2. The third-order valence-corrected chi connectivity index (χ3v) is 4.40. The van der Waals surface area contributed by atoms with Crippen molar-refractivity contribution in [2.24, 2.45) is 11.1 Å². The van der Waals surface area contributed by atoms with Crippen LogP contribution in [-0.4, -0.2) is 54.8 Å². The second-order valence-electron chi connectivity index (χ2n) is 5.72. The molecule has 5 nitrogen and oxygen atoms in total. The van der Waals surface area contributed by atoms with Crippen LogP contribution in [0.5, 0.6) is 0 Å². The van der Waals surface area contributed by atoms with E-state index in [2.05, 4.69) is 0 Å². The van der Waals surface area contributed by atoms with Crippen molar-refractivity contribution in [2.45, 2.75) is 32.1 Å². The standard InChI is InChI=1S/C13H23N3O2/c1-15-6-3-7-16(9-12(15)18)11(17)8-13(10-14)4-2-5-13/h2-10,14H2,1H3. The van der Waals surface area contributed by atoms with Crippen LogP contribution in [0.15, 0.2) is 0 Å². The van der Waals surface area contributed by atoms with Gasteiger partial charge in [-0.15, -0.1) is 0 Å². The van der Waals surface area contributed by atoms with Crippen molar-refractivity contribution >= 4 is 11.8 Å². The predicted octanol–water partition coefficient (Wildman–Crippen LogP) is 0.196. The zero-order chi connectivity index (χ0) is 13.2. The second kappa shape index (κ2) is 5.26. The van der Waals surface area contributed by atoms with Crippen LogP contribution in [0.3, 0.4) is 0 Å². The molecule has 0 aromatic carbocycles. The van der Waals surface area contributed by atoms with Crippen molar-refractivity contribution in [3.05, 3.63) is 0 Å². The van der Waals surface area contributed by atoms with E-state index in [1.54, 1.807) is 16.8 Å². The maximum atomic E-state index is 12.3. The van der Waals surface area contributed by atoms with Crippen LogP contribution in [0.2, 0.25) is 0 Å². The van der Waals surface area contributed by atoms with E-state index >= 15 is 0 Å². The van der Waals surface area contributed by atoms with E-state index < -0.39 is 0 Å². The average molecular weight is 253 g/mol. The topological polar surface area (TPSA) is 66.6 Å². The minimum Gasteiger partial charge on any atom is -0.344 e. The Bertz CT molecular complexity index is 334. The Balaban J connectivity index is 1.94. The Morgan fingerprint density at radius 3 is 2.61 bits per heavy atom. The summed E-state index contributed by atoms with van der Waals surface area (Å²) < 4.78 is 0. The molecule has 2 aliphatic rings. The van der Waals surface area contributed by atoms with E-state index in [0.717, 1.165) is 25.8 Å². The highest BCUT2D eigenvalue weighted by Gasteiger charge is 2.39. The number of likely N-dealkylation sites (N-methyl/N-ethyl adjacent to an activating group) is 1. The smallest absolute Gasteiger partial charge is 0.241 e. The molecule has 1 saturated carbocycles. The lowest BCUT2D eigenvalue weighted by atomic mass is 9.66. The van der Waals surface area contributed by atoms with Gasteiger partial charge in [0.05, 0.1) is 6.54 Å². The van der Waals surface area contributed by atoms with Gasteiger partial charge in [-0.25, -0.2) is 0 Å². The van der Waals surface area contributed by atoms with Crippen LogP contribution in [0.1, 0.15) is 32.1 Å². The van der Waals surface area contributed by atoms with Gasteiger partial charge in [0.25, 0.3) is 0 Å². The van der Waals surface area contributed by atoms with E-state index in [1.807, 2.05) is 0 Å². The lowest BCUT2D eigenvalue weighted by Crippen LogP contribution is -2.45. The summed E-state index contributed by atoms with van der Waals surface area (Å²) in [5, 5.41) is 0. The normalized spacial score (nSPS) is 23.6. The molecule has 1 heterocycles. The van der Waals surface area contributed by atoms with Gasteiger partial charge >= 0.3 is 0 Å². The van der Waals surface area contributed by atoms with Crippen molar-refractivity contribution in [3.8, 4) is 0 Å². The molecule has 0 radical (unpaired) electrons. The highest BCUT2D eigenvalue weighted by molar-refractivity contribution is 5.85. The molecular formula is C13H23N3O2. The second-order valence-corrected chi connectivity index (χ2v) is 5.72. The summed E-state index contributed by atoms with van der Waals surface area (Å²) in [5.74, 6) is 0.139. The molecule has 0 spiro atoms. The molecule has 18 heavy (non-hydrogen) atoms. The Morgan fingerprint density at radius 1 is 1.33 bits per heavy atom. The fourth-order valence-electron chi connectivity index (χ4n) is 2.76. The molecule has 0 aromatic heterocycles. The molecule has 2 rings (SSSR count). The van der Waals surface area contributed by atoms with Gasteiger partial charge in [-0.05, 0) is 31.2 Å². The fraction of sp³-hybridized carbons (Fsp3) is 0.846. The van der Waals surface area contributed by atoms with E-state index in [9.17, 15) is 9.59 Å². The lowest BCUT2D eigenvalue weighted by molar-refractivity contribution is -0.140. The summed E-state index contributed by atoms with van der Waals surface area (Å²) in [4.78, 5) is 27.4. The number of nitrogens with zero attached hydrogens (tertiary/aromatic N) is 2. The first-order valence-electron chi connectivity index (χ1n) is 6.78. The number of carbonyl (C=O) groups excluding carboxylic acids is 2. The largest absolute Gasteiger partial charge is 0.344 e. The van der Waals surface area contributed by atoms with Gasteiger partial charge in [0.2, 0.25) is 11.8 Å². The Kier molecular flexibility index (Phi) is 3.90. The van der Waals surface area contributed by atoms with Gasteiger partial charge in [-0.2, -0.15) is 0 Å². The summed E-state index contributed by atoms with van der Waals surface area (Å²) >= 11 is 0. The molecular weight excluding hydrogens is 230 g/mol. The fourth-order valence-corrected chi connectivity index (χ4v) is 2.76. The minimum atomic E-state index is 0.0261. The number of rotatable bonds is 3. The molecule has 0 aromatic rings.